The molecule has 0 atom stereocenters. The van der Waals surface area contributed by atoms with E-state index in [4.69, 9.17) is 4.74 Å². The van der Waals surface area contributed by atoms with Crippen molar-refractivity contribution in [2.45, 2.75) is 6.92 Å². The van der Waals surface area contributed by atoms with Crippen LogP contribution in [0.5, 0.6) is 0 Å². The van der Waals surface area contributed by atoms with E-state index in [1.54, 1.807) is 19.2 Å². The number of carbonyl (C=O) groups is 2. The molecule has 8 heteroatoms. The van der Waals surface area contributed by atoms with Crippen molar-refractivity contribution in [2.24, 2.45) is 0 Å². The van der Waals surface area contributed by atoms with Gasteiger partial charge in [0.1, 0.15) is 11.4 Å². The number of amides is 1. The average Bonchev–Trinajstić information content (AvgIpc) is 2.88. The number of benzene rings is 1. The summed E-state index contributed by atoms with van der Waals surface area (Å²) < 4.78 is 19.5. The van der Waals surface area contributed by atoms with Crippen molar-refractivity contribution in [1.82, 2.24) is 14.6 Å². The second-order valence-electron chi connectivity index (χ2n) is 4.98. The lowest BCUT2D eigenvalue weighted by atomic mass is 10.2. The third kappa shape index (κ3) is 3.22. The standard InChI is InChI=1S/C16H13FN4O3/c1-10-14(15-18-6-3-7-21(15)20-10)16(23)24-9-13(22)19-12-5-2-4-11(17)8-12/h2-8H,9H2,1H3,(H,19,22). The highest BCUT2D eigenvalue weighted by Gasteiger charge is 2.20. The summed E-state index contributed by atoms with van der Waals surface area (Å²) in [4.78, 5) is 28.1. The summed E-state index contributed by atoms with van der Waals surface area (Å²) in [5.41, 5.74) is 1.29. The molecule has 0 aliphatic carbocycles. The van der Waals surface area contributed by atoms with Crippen molar-refractivity contribution in [3.63, 3.8) is 0 Å². The van der Waals surface area contributed by atoms with Crippen LogP contribution in [0.15, 0.2) is 42.7 Å². The van der Waals surface area contributed by atoms with Gasteiger partial charge in [-0.3, -0.25) is 4.79 Å². The molecule has 1 amide bonds. The van der Waals surface area contributed by atoms with E-state index in [1.807, 2.05) is 0 Å². The number of carbonyl (C=O) groups excluding carboxylic acids is 2. The summed E-state index contributed by atoms with van der Waals surface area (Å²) in [7, 11) is 0. The van der Waals surface area contributed by atoms with Gasteiger partial charge in [-0.1, -0.05) is 6.07 Å². The summed E-state index contributed by atoms with van der Waals surface area (Å²) in [6.07, 6.45) is 3.19. The molecule has 0 radical (unpaired) electrons. The first-order chi connectivity index (χ1) is 11.5. The quantitative estimate of drug-likeness (QED) is 0.740. The predicted molar refractivity (Wildman–Crippen MR) is 83.0 cm³/mol. The maximum atomic E-state index is 13.1. The van der Waals surface area contributed by atoms with Crippen molar-refractivity contribution < 1.29 is 18.7 Å². The fourth-order valence-electron chi connectivity index (χ4n) is 2.20. The smallest absolute Gasteiger partial charge is 0.344 e. The monoisotopic (exact) mass is 328 g/mol. The molecule has 0 fully saturated rings. The Morgan fingerprint density at radius 2 is 2.17 bits per heavy atom. The number of aryl methyl sites for hydroxylation is 1. The first-order valence-electron chi connectivity index (χ1n) is 7.07. The Kier molecular flexibility index (Phi) is 4.19. The molecule has 0 saturated carbocycles. The van der Waals surface area contributed by atoms with Crippen LogP contribution in [-0.4, -0.2) is 33.1 Å². The van der Waals surface area contributed by atoms with E-state index < -0.39 is 24.3 Å². The molecule has 24 heavy (non-hydrogen) atoms. The van der Waals surface area contributed by atoms with E-state index in [-0.39, 0.29) is 11.3 Å². The fraction of sp³-hybridized carbons (Fsp3) is 0.125. The highest BCUT2D eigenvalue weighted by molar-refractivity contribution is 5.99. The van der Waals surface area contributed by atoms with E-state index in [0.29, 0.717) is 11.3 Å². The average molecular weight is 328 g/mol. The molecular weight excluding hydrogens is 315 g/mol. The van der Waals surface area contributed by atoms with Crippen LogP contribution in [0, 0.1) is 12.7 Å². The molecule has 1 N–H and O–H groups in total. The minimum Gasteiger partial charge on any atom is -0.452 e. The van der Waals surface area contributed by atoms with Gasteiger partial charge in [-0.2, -0.15) is 5.10 Å². The lowest BCUT2D eigenvalue weighted by Crippen LogP contribution is -2.21. The number of nitrogens with one attached hydrogen (secondary N) is 1. The molecule has 0 aliphatic rings. The molecule has 3 rings (SSSR count). The Labute approximate surface area is 136 Å². The van der Waals surface area contributed by atoms with Crippen molar-refractivity contribution in [1.29, 1.82) is 0 Å². The molecule has 0 bridgehead atoms. The van der Waals surface area contributed by atoms with Crippen molar-refractivity contribution in [2.75, 3.05) is 11.9 Å². The lowest BCUT2D eigenvalue weighted by Gasteiger charge is -2.06. The third-order valence-electron chi connectivity index (χ3n) is 3.22. The van der Waals surface area contributed by atoms with Gasteiger partial charge in [0.05, 0.1) is 5.69 Å². The number of aromatic nitrogens is 3. The summed E-state index contributed by atoms with van der Waals surface area (Å²) in [6, 6.07) is 7.10. The van der Waals surface area contributed by atoms with E-state index in [9.17, 15) is 14.0 Å². The number of rotatable bonds is 4. The molecule has 0 aliphatic heterocycles. The summed E-state index contributed by atoms with van der Waals surface area (Å²) >= 11 is 0. The first kappa shape index (κ1) is 15.6. The zero-order valence-electron chi connectivity index (χ0n) is 12.7. The maximum absolute atomic E-state index is 13.1. The molecule has 2 aromatic heterocycles. The molecule has 0 spiro atoms. The van der Waals surface area contributed by atoms with Crippen LogP contribution < -0.4 is 5.32 Å². The number of fused-ring (bicyclic) bond motifs is 1. The number of esters is 1. The summed E-state index contributed by atoms with van der Waals surface area (Å²) in [6.45, 7) is 1.15. The molecular formula is C16H13FN4O3. The number of hydrogen-bond acceptors (Lipinski definition) is 5. The second kappa shape index (κ2) is 6.45. The van der Waals surface area contributed by atoms with Crippen LogP contribution >= 0.6 is 0 Å². The molecule has 7 nitrogen and oxygen atoms in total. The van der Waals surface area contributed by atoms with Crippen molar-refractivity contribution in [3.8, 4) is 0 Å². The summed E-state index contributed by atoms with van der Waals surface area (Å²) in [5.74, 6) is -1.75. The van der Waals surface area contributed by atoms with E-state index in [1.165, 1.54) is 35.0 Å². The highest BCUT2D eigenvalue weighted by Crippen LogP contribution is 2.14. The fourth-order valence-corrected chi connectivity index (χ4v) is 2.20. The van der Waals surface area contributed by atoms with Gasteiger partial charge in [-0.25, -0.2) is 18.7 Å². The number of ether oxygens (including phenoxy) is 1. The molecule has 1 aromatic carbocycles. The van der Waals surface area contributed by atoms with Crippen LogP contribution in [0.3, 0.4) is 0 Å². The van der Waals surface area contributed by atoms with E-state index in [0.717, 1.165) is 0 Å². The van der Waals surface area contributed by atoms with Gasteiger partial charge >= 0.3 is 5.97 Å². The van der Waals surface area contributed by atoms with Gasteiger partial charge in [0.15, 0.2) is 12.3 Å². The summed E-state index contributed by atoms with van der Waals surface area (Å²) in [5, 5.41) is 6.59. The topological polar surface area (TPSA) is 85.6 Å². The van der Waals surface area contributed by atoms with Gasteiger partial charge in [-0.15, -0.1) is 0 Å². The van der Waals surface area contributed by atoms with Gasteiger partial charge < -0.3 is 10.1 Å². The van der Waals surface area contributed by atoms with E-state index in [2.05, 4.69) is 15.4 Å². The first-order valence-corrected chi connectivity index (χ1v) is 7.07. The highest BCUT2D eigenvalue weighted by atomic mass is 19.1. The van der Waals surface area contributed by atoms with Crippen LogP contribution in [0.1, 0.15) is 16.1 Å². The zero-order valence-corrected chi connectivity index (χ0v) is 12.7. The number of halogens is 1. The van der Waals surface area contributed by atoms with Gasteiger partial charge in [0, 0.05) is 18.1 Å². The minimum atomic E-state index is -0.699. The second-order valence-corrected chi connectivity index (χ2v) is 4.98. The van der Waals surface area contributed by atoms with Crippen molar-refractivity contribution in [3.05, 3.63) is 59.8 Å². The molecule has 0 saturated heterocycles. The normalized spacial score (nSPS) is 10.6. The Balaban J connectivity index is 1.66. The maximum Gasteiger partial charge on any atom is 0.344 e. The van der Waals surface area contributed by atoms with Crippen LogP contribution in [0.2, 0.25) is 0 Å². The molecule has 122 valence electrons. The SMILES string of the molecule is Cc1nn2cccnc2c1C(=O)OCC(=O)Nc1cccc(F)c1. The zero-order chi connectivity index (χ0) is 17.1. The lowest BCUT2D eigenvalue weighted by molar-refractivity contribution is -0.119. The van der Waals surface area contributed by atoms with E-state index >= 15 is 0 Å². The van der Waals surface area contributed by atoms with Gasteiger partial charge in [0.25, 0.3) is 5.91 Å². The largest absolute Gasteiger partial charge is 0.452 e. The Morgan fingerprint density at radius 1 is 1.33 bits per heavy atom. The molecule has 2 heterocycles. The molecule has 3 aromatic rings. The number of anilines is 1. The minimum absolute atomic E-state index is 0.203. The van der Waals surface area contributed by atoms with Crippen LogP contribution in [-0.2, 0) is 9.53 Å². The number of nitrogens with zero attached hydrogens (tertiary/aromatic N) is 3. The predicted octanol–water partition coefficient (Wildman–Crippen LogP) is 1.97. The Bertz CT molecular complexity index is 923. The molecule has 0 unspecified atom stereocenters. The number of hydrogen-bond donors (Lipinski definition) is 1. The van der Waals surface area contributed by atoms with Crippen LogP contribution in [0.25, 0.3) is 5.65 Å². The van der Waals surface area contributed by atoms with Crippen molar-refractivity contribution >= 4 is 23.2 Å². The third-order valence-corrected chi connectivity index (χ3v) is 3.22. The Hall–Kier alpha value is -3.29. The van der Waals surface area contributed by atoms with Crippen LogP contribution in [0.4, 0.5) is 10.1 Å². The van der Waals surface area contributed by atoms with Gasteiger partial charge in [0.2, 0.25) is 0 Å². The Morgan fingerprint density at radius 3 is 2.96 bits per heavy atom. The van der Waals surface area contributed by atoms with Gasteiger partial charge in [-0.05, 0) is 31.2 Å².